The summed E-state index contributed by atoms with van der Waals surface area (Å²) < 4.78 is 0. The van der Waals surface area contributed by atoms with Crippen molar-refractivity contribution in [2.75, 3.05) is 0 Å². The first-order valence-electron chi connectivity index (χ1n) is 10.1. The Morgan fingerprint density at radius 2 is 1.92 bits per heavy atom. The molecule has 0 radical (unpaired) electrons. The summed E-state index contributed by atoms with van der Waals surface area (Å²) in [7, 11) is 0. The van der Waals surface area contributed by atoms with Gasteiger partial charge in [-0.3, -0.25) is 9.59 Å². The van der Waals surface area contributed by atoms with E-state index in [1.807, 2.05) is 0 Å². The number of phenols is 1. The highest BCUT2D eigenvalue weighted by Crippen LogP contribution is 2.60. The fourth-order valence-corrected chi connectivity index (χ4v) is 6.22. The number of carbonyl (C=O) groups is 2. The molecular weight excluding hydrogens is 324 g/mol. The van der Waals surface area contributed by atoms with Crippen molar-refractivity contribution in [2.24, 2.45) is 17.3 Å². The highest BCUT2D eigenvalue weighted by molar-refractivity contribution is 5.87. The number of Topliss-reactive ketones (excluding diaryl/α,β-unsaturated/α-hetero) is 1. The summed E-state index contributed by atoms with van der Waals surface area (Å²) in [6.07, 6.45) is 6.44. The van der Waals surface area contributed by atoms with E-state index in [1.165, 1.54) is 5.56 Å². The lowest BCUT2D eigenvalue weighted by atomic mass is 9.55. The van der Waals surface area contributed by atoms with Gasteiger partial charge < -0.3 is 5.11 Å². The molecule has 0 bridgehead atoms. The second kappa shape index (κ2) is 5.68. The maximum Gasteiger partial charge on any atom is 0.154 e. The van der Waals surface area contributed by atoms with Crippen molar-refractivity contribution < 1.29 is 14.7 Å². The smallest absolute Gasteiger partial charge is 0.154 e. The van der Waals surface area contributed by atoms with Gasteiger partial charge in [-0.25, -0.2) is 0 Å². The predicted molar refractivity (Wildman–Crippen MR) is 102 cm³/mol. The fourth-order valence-electron chi connectivity index (χ4n) is 6.22. The Bertz CT molecular complexity index is 786. The fraction of sp³-hybridized carbons (Fsp3) is 0.652. The molecule has 0 unspecified atom stereocenters. The summed E-state index contributed by atoms with van der Waals surface area (Å²) >= 11 is 0. The zero-order valence-electron chi connectivity index (χ0n) is 16.4. The van der Waals surface area contributed by atoms with Gasteiger partial charge in [-0.15, -0.1) is 0 Å². The Hall–Kier alpha value is -1.64. The molecule has 1 aromatic rings. The molecule has 2 fully saturated rings. The lowest BCUT2D eigenvalue weighted by Gasteiger charge is -2.48. The van der Waals surface area contributed by atoms with E-state index in [9.17, 15) is 14.7 Å². The van der Waals surface area contributed by atoms with Crippen LogP contribution in [0.15, 0.2) is 6.07 Å². The highest BCUT2D eigenvalue weighted by Gasteiger charge is 2.54. The second-order valence-corrected chi connectivity index (χ2v) is 9.96. The SMILES string of the molecule is CC(C)(C)c1cc2c(c(C=O)c1O)CC[C@@H]1[C@@H]2CC[C@]2(C)C(=O)CC[C@@H]12. The largest absolute Gasteiger partial charge is 0.507 e. The van der Waals surface area contributed by atoms with Gasteiger partial charge in [0, 0.05) is 17.4 Å². The third kappa shape index (κ3) is 2.32. The van der Waals surface area contributed by atoms with Gasteiger partial charge in [-0.05, 0) is 66.4 Å². The van der Waals surface area contributed by atoms with Crippen LogP contribution in [0.25, 0.3) is 0 Å². The molecule has 0 spiro atoms. The minimum absolute atomic E-state index is 0.129. The van der Waals surface area contributed by atoms with Crippen LogP contribution in [0.5, 0.6) is 5.75 Å². The van der Waals surface area contributed by atoms with E-state index >= 15 is 0 Å². The molecule has 26 heavy (non-hydrogen) atoms. The van der Waals surface area contributed by atoms with Gasteiger partial charge in [0.15, 0.2) is 6.29 Å². The zero-order chi connectivity index (χ0) is 18.9. The van der Waals surface area contributed by atoms with E-state index in [0.29, 0.717) is 29.1 Å². The number of aromatic hydroxyl groups is 1. The lowest BCUT2D eigenvalue weighted by Crippen LogP contribution is -2.42. The number of rotatable bonds is 1. The first-order chi connectivity index (χ1) is 12.2. The maximum absolute atomic E-state index is 12.5. The van der Waals surface area contributed by atoms with Gasteiger partial charge in [-0.2, -0.15) is 0 Å². The van der Waals surface area contributed by atoms with Crippen LogP contribution in [-0.2, 0) is 16.6 Å². The van der Waals surface area contributed by atoms with E-state index in [0.717, 1.165) is 55.9 Å². The van der Waals surface area contributed by atoms with E-state index in [1.54, 1.807) is 0 Å². The molecule has 4 rings (SSSR count). The van der Waals surface area contributed by atoms with E-state index in [4.69, 9.17) is 0 Å². The van der Waals surface area contributed by atoms with Crippen molar-refractivity contribution in [2.45, 2.75) is 77.6 Å². The molecule has 140 valence electrons. The van der Waals surface area contributed by atoms with Gasteiger partial charge >= 0.3 is 0 Å². The topological polar surface area (TPSA) is 54.4 Å². The Morgan fingerprint density at radius 1 is 1.19 bits per heavy atom. The molecule has 2 saturated carbocycles. The van der Waals surface area contributed by atoms with Gasteiger partial charge in [0.2, 0.25) is 0 Å². The van der Waals surface area contributed by atoms with Crippen molar-refractivity contribution in [1.82, 2.24) is 0 Å². The molecule has 0 aromatic heterocycles. The van der Waals surface area contributed by atoms with E-state index < -0.39 is 0 Å². The van der Waals surface area contributed by atoms with Crippen molar-refractivity contribution in [3.8, 4) is 5.75 Å². The van der Waals surface area contributed by atoms with Gasteiger partial charge in [0.1, 0.15) is 11.5 Å². The molecule has 3 aliphatic rings. The number of benzene rings is 1. The first-order valence-corrected chi connectivity index (χ1v) is 10.1. The van der Waals surface area contributed by atoms with Gasteiger partial charge in [-0.1, -0.05) is 33.8 Å². The third-order valence-electron chi connectivity index (χ3n) is 7.68. The summed E-state index contributed by atoms with van der Waals surface area (Å²) in [5, 5.41) is 10.7. The second-order valence-electron chi connectivity index (χ2n) is 9.96. The monoisotopic (exact) mass is 354 g/mol. The average Bonchev–Trinajstić information content (AvgIpc) is 2.88. The summed E-state index contributed by atoms with van der Waals surface area (Å²) in [5.74, 6) is 2.06. The molecule has 1 N–H and O–H groups in total. The van der Waals surface area contributed by atoms with Crippen molar-refractivity contribution in [3.63, 3.8) is 0 Å². The Morgan fingerprint density at radius 3 is 2.58 bits per heavy atom. The Balaban J connectivity index is 1.84. The Labute approximate surface area is 156 Å². The van der Waals surface area contributed by atoms with Crippen LogP contribution in [0.4, 0.5) is 0 Å². The van der Waals surface area contributed by atoms with Crippen LogP contribution < -0.4 is 0 Å². The van der Waals surface area contributed by atoms with Crippen LogP contribution >= 0.6 is 0 Å². The van der Waals surface area contributed by atoms with E-state index in [2.05, 4.69) is 33.8 Å². The number of carbonyl (C=O) groups excluding carboxylic acids is 2. The summed E-state index contributed by atoms with van der Waals surface area (Å²) in [4.78, 5) is 24.3. The number of aldehydes is 1. The quantitative estimate of drug-likeness (QED) is 0.728. The lowest BCUT2D eigenvalue weighted by molar-refractivity contribution is -0.129. The molecule has 3 heteroatoms. The van der Waals surface area contributed by atoms with Crippen molar-refractivity contribution in [3.05, 3.63) is 28.3 Å². The molecular formula is C23H30O3. The normalized spacial score (nSPS) is 33.4. The van der Waals surface area contributed by atoms with Crippen LogP contribution in [0.3, 0.4) is 0 Å². The zero-order valence-corrected chi connectivity index (χ0v) is 16.4. The van der Waals surface area contributed by atoms with Crippen LogP contribution in [0.2, 0.25) is 0 Å². The summed E-state index contributed by atoms with van der Waals surface area (Å²) in [5.41, 5.74) is 3.36. The molecule has 4 atom stereocenters. The van der Waals surface area contributed by atoms with Gasteiger partial charge in [0.05, 0.1) is 5.56 Å². The molecule has 1 aromatic carbocycles. The van der Waals surface area contributed by atoms with Gasteiger partial charge in [0.25, 0.3) is 0 Å². The number of hydrogen-bond acceptors (Lipinski definition) is 3. The van der Waals surface area contributed by atoms with Crippen molar-refractivity contribution in [1.29, 1.82) is 0 Å². The standard InChI is InChI=1S/C23H30O3/c1-22(2,3)19-11-16-13(17(12-24)21(19)26)5-6-15-14(16)9-10-23(4)18(15)7-8-20(23)25/h11-12,14-15,18,26H,5-10H2,1-4H3/t14-,15+,18-,23-/m0/s1. The molecule has 0 saturated heterocycles. The molecule has 0 heterocycles. The molecule has 0 aliphatic heterocycles. The minimum Gasteiger partial charge on any atom is -0.507 e. The number of phenolic OH excluding ortho intramolecular Hbond substituents is 1. The maximum atomic E-state index is 12.5. The number of hydrogen-bond donors (Lipinski definition) is 1. The summed E-state index contributed by atoms with van der Waals surface area (Å²) in [6.45, 7) is 8.43. The van der Waals surface area contributed by atoms with E-state index in [-0.39, 0.29) is 16.6 Å². The third-order valence-corrected chi connectivity index (χ3v) is 7.68. The van der Waals surface area contributed by atoms with Crippen LogP contribution in [-0.4, -0.2) is 17.2 Å². The number of ketones is 1. The van der Waals surface area contributed by atoms with Crippen LogP contribution in [0, 0.1) is 17.3 Å². The molecule has 3 nitrogen and oxygen atoms in total. The minimum atomic E-state index is -0.212. The average molecular weight is 354 g/mol. The van der Waals surface area contributed by atoms with Crippen molar-refractivity contribution >= 4 is 12.1 Å². The predicted octanol–water partition coefficient (Wildman–Crippen LogP) is 4.93. The Kier molecular flexibility index (Phi) is 3.88. The summed E-state index contributed by atoms with van der Waals surface area (Å²) in [6, 6.07) is 2.17. The van der Waals surface area contributed by atoms with Crippen LogP contribution in [0.1, 0.15) is 92.8 Å². The molecule has 3 aliphatic carbocycles. The highest BCUT2D eigenvalue weighted by atomic mass is 16.3. The number of fused-ring (bicyclic) bond motifs is 5. The first kappa shape index (κ1) is 17.8. The molecule has 0 amide bonds.